The molecule has 1 saturated heterocycles. The van der Waals surface area contributed by atoms with Crippen LogP contribution in [0.3, 0.4) is 0 Å². The van der Waals surface area contributed by atoms with Crippen LogP contribution < -0.4 is 10.0 Å². The molecule has 2 aromatic carbocycles. The highest BCUT2D eigenvalue weighted by molar-refractivity contribution is 7.92. The fourth-order valence-electron chi connectivity index (χ4n) is 3.61. The van der Waals surface area contributed by atoms with Crippen LogP contribution in [0.15, 0.2) is 54.6 Å². The van der Waals surface area contributed by atoms with E-state index in [1.807, 2.05) is 48.2 Å². The Balaban J connectivity index is 1.80. The molecule has 0 radical (unpaired) electrons. The molecule has 2 aromatic rings. The number of carbonyl (C=O) groups is 1. The largest absolute Gasteiger partial charge is 0.348 e. The van der Waals surface area contributed by atoms with Crippen LogP contribution in [0.5, 0.6) is 0 Å². The Bertz CT molecular complexity index is 1120. The van der Waals surface area contributed by atoms with Gasteiger partial charge in [0.25, 0.3) is 0 Å². The van der Waals surface area contributed by atoms with Crippen LogP contribution in [0.4, 0.5) is 5.69 Å². The summed E-state index contributed by atoms with van der Waals surface area (Å²) >= 11 is 0. The first kappa shape index (κ1) is 23.2. The van der Waals surface area contributed by atoms with Crippen molar-refractivity contribution in [3.63, 3.8) is 0 Å². The monoisotopic (exact) mass is 465 g/mol. The zero-order valence-corrected chi connectivity index (χ0v) is 19.1. The Morgan fingerprint density at radius 3 is 2.23 bits per heavy atom. The molecule has 10 heteroatoms. The van der Waals surface area contributed by atoms with Crippen molar-refractivity contribution < 1.29 is 21.6 Å². The molecule has 1 fully saturated rings. The molecule has 1 amide bonds. The van der Waals surface area contributed by atoms with E-state index in [0.29, 0.717) is 5.69 Å². The minimum absolute atomic E-state index is 0.0262. The van der Waals surface area contributed by atoms with E-state index in [0.717, 1.165) is 17.4 Å². The summed E-state index contributed by atoms with van der Waals surface area (Å²) in [6, 6.07) is 15.1. The van der Waals surface area contributed by atoms with Crippen molar-refractivity contribution in [3.8, 4) is 0 Å². The molecule has 2 atom stereocenters. The van der Waals surface area contributed by atoms with Gasteiger partial charge in [-0.15, -0.1) is 0 Å². The van der Waals surface area contributed by atoms with E-state index in [2.05, 4.69) is 10.0 Å². The zero-order valence-electron chi connectivity index (χ0n) is 17.5. The molecule has 1 heterocycles. The first-order valence-electron chi connectivity index (χ1n) is 9.92. The number of nitrogens with one attached hydrogen (secondary N) is 2. The average molecular weight is 466 g/mol. The molecular weight excluding hydrogens is 438 g/mol. The Kier molecular flexibility index (Phi) is 7.03. The SMILES string of the molecule is CC(NC(=O)C(c1ccccc1)N1CCS(=O)(=O)CC1)c1cccc(NS(C)(=O)=O)c1. The van der Waals surface area contributed by atoms with Gasteiger partial charge in [-0.25, -0.2) is 16.8 Å². The number of hydrogen-bond donors (Lipinski definition) is 2. The summed E-state index contributed by atoms with van der Waals surface area (Å²) in [5, 5.41) is 3.00. The number of hydrogen-bond acceptors (Lipinski definition) is 6. The fraction of sp³-hybridized carbons (Fsp3) is 0.381. The van der Waals surface area contributed by atoms with Crippen LogP contribution in [0.2, 0.25) is 0 Å². The van der Waals surface area contributed by atoms with Gasteiger partial charge in [-0.1, -0.05) is 42.5 Å². The molecule has 168 valence electrons. The molecule has 2 N–H and O–H groups in total. The lowest BCUT2D eigenvalue weighted by molar-refractivity contribution is -0.127. The second-order valence-corrected chi connectivity index (χ2v) is 11.8. The van der Waals surface area contributed by atoms with Crippen molar-refractivity contribution in [2.75, 3.05) is 35.6 Å². The Morgan fingerprint density at radius 1 is 1.00 bits per heavy atom. The van der Waals surface area contributed by atoms with Gasteiger partial charge in [-0.05, 0) is 30.2 Å². The lowest BCUT2D eigenvalue weighted by Crippen LogP contribution is -2.47. The second-order valence-electron chi connectivity index (χ2n) is 7.73. The highest BCUT2D eigenvalue weighted by Crippen LogP contribution is 2.25. The van der Waals surface area contributed by atoms with Crippen LogP contribution >= 0.6 is 0 Å². The van der Waals surface area contributed by atoms with Crippen LogP contribution in [-0.4, -0.2) is 58.5 Å². The summed E-state index contributed by atoms with van der Waals surface area (Å²) in [6.07, 6.45) is 1.08. The number of sulfonamides is 1. The van der Waals surface area contributed by atoms with Crippen molar-refractivity contribution in [2.45, 2.75) is 19.0 Å². The van der Waals surface area contributed by atoms with Gasteiger partial charge < -0.3 is 5.32 Å². The van der Waals surface area contributed by atoms with Crippen molar-refractivity contribution in [2.24, 2.45) is 0 Å². The van der Waals surface area contributed by atoms with E-state index in [1.165, 1.54) is 0 Å². The maximum absolute atomic E-state index is 13.3. The van der Waals surface area contributed by atoms with Crippen molar-refractivity contribution in [1.29, 1.82) is 0 Å². The molecule has 0 saturated carbocycles. The third-order valence-electron chi connectivity index (χ3n) is 5.16. The second kappa shape index (κ2) is 9.37. The summed E-state index contributed by atoms with van der Waals surface area (Å²) < 4.78 is 49.1. The van der Waals surface area contributed by atoms with Crippen molar-refractivity contribution in [1.82, 2.24) is 10.2 Å². The number of benzene rings is 2. The molecular formula is C21H27N3O5S2. The van der Waals surface area contributed by atoms with Crippen molar-refractivity contribution >= 4 is 31.5 Å². The minimum Gasteiger partial charge on any atom is -0.348 e. The van der Waals surface area contributed by atoms with E-state index < -0.39 is 25.9 Å². The van der Waals surface area contributed by atoms with Gasteiger partial charge in [0.05, 0.1) is 23.8 Å². The van der Waals surface area contributed by atoms with Crippen LogP contribution in [0.1, 0.15) is 30.1 Å². The van der Waals surface area contributed by atoms with Gasteiger partial charge in [-0.2, -0.15) is 0 Å². The number of amides is 1. The Morgan fingerprint density at radius 2 is 1.61 bits per heavy atom. The van der Waals surface area contributed by atoms with Crippen LogP contribution in [0, 0.1) is 0 Å². The number of nitrogens with zero attached hydrogens (tertiary/aromatic N) is 1. The molecule has 1 aliphatic rings. The summed E-state index contributed by atoms with van der Waals surface area (Å²) in [7, 11) is -6.48. The maximum Gasteiger partial charge on any atom is 0.242 e. The summed E-state index contributed by atoms with van der Waals surface area (Å²) in [4.78, 5) is 15.2. The molecule has 0 bridgehead atoms. The van der Waals surface area contributed by atoms with Gasteiger partial charge in [0.2, 0.25) is 15.9 Å². The fourth-order valence-corrected chi connectivity index (χ4v) is 5.39. The van der Waals surface area contributed by atoms with Gasteiger partial charge >= 0.3 is 0 Å². The van der Waals surface area contributed by atoms with Crippen LogP contribution in [-0.2, 0) is 24.7 Å². The lowest BCUT2D eigenvalue weighted by Gasteiger charge is -2.34. The lowest BCUT2D eigenvalue weighted by atomic mass is 10.0. The zero-order chi connectivity index (χ0) is 22.6. The smallest absolute Gasteiger partial charge is 0.242 e. The molecule has 0 aromatic heterocycles. The van der Waals surface area contributed by atoms with Gasteiger partial charge in [0.1, 0.15) is 6.04 Å². The number of carbonyl (C=O) groups excluding carboxylic acids is 1. The first-order chi connectivity index (χ1) is 14.5. The first-order valence-corrected chi connectivity index (χ1v) is 13.6. The average Bonchev–Trinajstić information content (AvgIpc) is 2.69. The predicted molar refractivity (Wildman–Crippen MR) is 121 cm³/mol. The summed E-state index contributed by atoms with van der Waals surface area (Å²) in [5.74, 6) is -0.184. The molecule has 8 nitrogen and oxygen atoms in total. The van der Waals surface area contributed by atoms with E-state index in [9.17, 15) is 21.6 Å². The van der Waals surface area contributed by atoms with Gasteiger partial charge in [-0.3, -0.25) is 14.4 Å². The molecule has 0 spiro atoms. The predicted octanol–water partition coefficient (Wildman–Crippen LogP) is 1.71. The summed E-state index contributed by atoms with van der Waals surface area (Å²) in [6.45, 7) is 2.40. The number of sulfone groups is 1. The van der Waals surface area contributed by atoms with Crippen LogP contribution in [0.25, 0.3) is 0 Å². The van der Waals surface area contributed by atoms with E-state index in [4.69, 9.17) is 0 Å². The molecule has 1 aliphatic heterocycles. The van der Waals surface area contributed by atoms with Gasteiger partial charge in [0.15, 0.2) is 9.84 Å². The van der Waals surface area contributed by atoms with E-state index in [-0.39, 0.29) is 36.5 Å². The Hall–Kier alpha value is -2.43. The third-order valence-corrected chi connectivity index (χ3v) is 7.37. The Labute approximate surface area is 183 Å². The highest BCUT2D eigenvalue weighted by Gasteiger charge is 2.33. The standard InChI is InChI=1S/C21H27N3O5S2/c1-16(18-9-6-10-19(15-18)23-30(2,26)27)22-21(25)20(17-7-4-3-5-8-17)24-11-13-31(28,29)14-12-24/h3-10,15-16,20,23H,11-14H2,1-2H3,(H,22,25). The van der Waals surface area contributed by atoms with Gasteiger partial charge in [0, 0.05) is 18.8 Å². The molecule has 0 aliphatic carbocycles. The van der Waals surface area contributed by atoms with Crippen molar-refractivity contribution in [3.05, 3.63) is 65.7 Å². The van der Waals surface area contributed by atoms with E-state index in [1.54, 1.807) is 18.2 Å². The minimum atomic E-state index is -3.41. The summed E-state index contributed by atoms with van der Waals surface area (Å²) in [5.41, 5.74) is 1.95. The highest BCUT2D eigenvalue weighted by atomic mass is 32.2. The topological polar surface area (TPSA) is 113 Å². The number of rotatable bonds is 7. The maximum atomic E-state index is 13.3. The third kappa shape index (κ3) is 6.52. The number of anilines is 1. The molecule has 2 unspecified atom stereocenters. The molecule has 31 heavy (non-hydrogen) atoms. The van der Waals surface area contributed by atoms with E-state index >= 15 is 0 Å². The normalized spacial score (nSPS) is 18.6. The quantitative estimate of drug-likeness (QED) is 0.644. The molecule has 3 rings (SSSR count).